The van der Waals surface area contributed by atoms with Gasteiger partial charge in [0.05, 0.1) is 10.5 Å². The molecular weight excluding hydrogens is 332 g/mol. The summed E-state index contributed by atoms with van der Waals surface area (Å²) in [5.41, 5.74) is -0.950. The van der Waals surface area contributed by atoms with E-state index in [2.05, 4.69) is 0 Å². The number of para-hydroxylation sites is 1. The van der Waals surface area contributed by atoms with Crippen molar-refractivity contribution < 1.29 is 27.2 Å². The summed E-state index contributed by atoms with van der Waals surface area (Å²) in [5.74, 6) is -0.267. The molecule has 7 heteroatoms. The minimum absolute atomic E-state index is 0.0405. The number of aryl methyl sites for hydroxylation is 1. The van der Waals surface area contributed by atoms with Gasteiger partial charge in [0, 0.05) is 0 Å². The first-order valence-electron chi connectivity index (χ1n) is 7.27. The smallest absolute Gasteiger partial charge is 0.297 e. The number of carbonyl (C=O) groups excluding carboxylic acids is 1. The number of fused-ring (bicyclic) bond motifs is 1. The van der Waals surface area contributed by atoms with Crippen LogP contribution in [0.4, 0.5) is 0 Å². The normalized spacial score (nSPS) is 20.3. The fourth-order valence-corrected chi connectivity index (χ4v) is 3.30. The van der Waals surface area contributed by atoms with Crippen LogP contribution < -0.4 is 4.74 Å². The van der Waals surface area contributed by atoms with Crippen LogP contribution in [0.5, 0.6) is 5.75 Å². The fourth-order valence-electron chi connectivity index (χ4n) is 2.35. The van der Waals surface area contributed by atoms with Crippen LogP contribution in [-0.4, -0.2) is 38.1 Å². The largest absolute Gasteiger partial charge is 0.489 e. The van der Waals surface area contributed by atoms with E-state index in [1.807, 2.05) is 6.92 Å². The number of Topliss-reactive ketones (excluding diaryl/α,β-unsaturated/α-hetero) is 1. The molecule has 1 aliphatic rings. The summed E-state index contributed by atoms with van der Waals surface area (Å²) >= 11 is 0. The SMILES string of the molecule is Cc1ccc(S(=O)(=O)OCC2(O)COc3ccccc3C2=O)cc1. The van der Waals surface area contributed by atoms with Crippen molar-refractivity contribution in [2.75, 3.05) is 13.2 Å². The van der Waals surface area contributed by atoms with E-state index in [0.29, 0.717) is 5.75 Å². The van der Waals surface area contributed by atoms with Crippen molar-refractivity contribution in [3.8, 4) is 5.75 Å². The van der Waals surface area contributed by atoms with Crippen molar-refractivity contribution in [3.63, 3.8) is 0 Å². The summed E-state index contributed by atoms with van der Waals surface area (Å²) in [6.45, 7) is 0.748. The molecule has 1 unspecified atom stereocenters. The number of hydrogen-bond acceptors (Lipinski definition) is 6. The lowest BCUT2D eigenvalue weighted by Crippen LogP contribution is -2.51. The van der Waals surface area contributed by atoms with Crippen LogP contribution >= 0.6 is 0 Å². The van der Waals surface area contributed by atoms with E-state index in [-0.39, 0.29) is 17.1 Å². The third kappa shape index (κ3) is 3.06. The third-order valence-electron chi connectivity index (χ3n) is 3.78. The Kier molecular flexibility index (Phi) is 4.16. The molecule has 0 bridgehead atoms. The van der Waals surface area contributed by atoms with Crippen LogP contribution in [0.15, 0.2) is 53.4 Å². The zero-order chi connectivity index (χ0) is 17.4. The van der Waals surface area contributed by atoms with Gasteiger partial charge in [-0.2, -0.15) is 8.42 Å². The molecule has 2 aromatic rings. The standard InChI is InChI=1S/C17H16O6S/c1-12-6-8-13(9-7-12)24(20,21)23-11-17(19)10-22-15-5-3-2-4-14(15)16(17)18/h2-9,19H,10-11H2,1H3. The minimum Gasteiger partial charge on any atom is -0.489 e. The molecule has 0 aliphatic carbocycles. The predicted molar refractivity (Wildman–Crippen MR) is 85.5 cm³/mol. The van der Waals surface area contributed by atoms with Crippen molar-refractivity contribution in [2.24, 2.45) is 0 Å². The Morgan fingerprint density at radius 1 is 1.17 bits per heavy atom. The van der Waals surface area contributed by atoms with Crippen molar-refractivity contribution in [1.29, 1.82) is 0 Å². The van der Waals surface area contributed by atoms with E-state index >= 15 is 0 Å². The fraction of sp³-hybridized carbons (Fsp3) is 0.235. The molecule has 0 radical (unpaired) electrons. The molecule has 0 saturated carbocycles. The second-order valence-electron chi connectivity index (χ2n) is 5.67. The highest BCUT2D eigenvalue weighted by Crippen LogP contribution is 2.30. The maximum absolute atomic E-state index is 12.4. The molecule has 1 aliphatic heterocycles. The van der Waals surface area contributed by atoms with Gasteiger partial charge in [-0.3, -0.25) is 8.98 Å². The van der Waals surface area contributed by atoms with E-state index in [9.17, 15) is 18.3 Å². The Hall–Kier alpha value is -2.22. The first kappa shape index (κ1) is 16.6. The molecule has 2 aromatic carbocycles. The molecule has 1 atom stereocenters. The van der Waals surface area contributed by atoms with Crippen molar-refractivity contribution >= 4 is 15.9 Å². The molecule has 0 saturated heterocycles. The predicted octanol–water partition coefficient (Wildman–Crippen LogP) is 1.71. The topological polar surface area (TPSA) is 89.9 Å². The van der Waals surface area contributed by atoms with Crippen LogP contribution in [0.3, 0.4) is 0 Å². The Morgan fingerprint density at radius 3 is 2.54 bits per heavy atom. The highest BCUT2D eigenvalue weighted by Gasteiger charge is 2.44. The molecule has 6 nitrogen and oxygen atoms in total. The molecule has 3 rings (SSSR count). The molecule has 0 aromatic heterocycles. The second kappa shape index (κ2) is 6.01. The molecule has 1 heterocycles. The van der Waals surface area contributed by atoms with Gasteiger partial charge in [-0.05, 0) is 31.2 Å². The molecule has 0 spiro atoms. The van der Waals surface area contributed by atoms with E-state index < -0.39 is 28.1 Å². The van der Waals surface area contributed by atoms with Gasteiger partial charge >= 0.3 is 0 Å². The van der Waals surface area contributed by atoms with Gasteiger partial charge in [0.1, 0.15) is 19.0 Å². The lowest BCUT2D eigenvalue weighted by molar-refractivity contribution is -0.0258. The summed E-state index contributed by atoms with van der Waals surface area (Å²) in [5, 5.41) is 10.5. The van der Waals surface area contributed by atoms with Crippen molar-refractivity contribution in [3.05, 3.63) is 59.7 Å². The maximum Gasteiger partial charge on any atom is 0.297 e. The van der Waals surface area contributed by atoms with E-state index in [0.717, 1.165) is 5.56 Å². The average Bonchev–Trinajstić information content (AvgIpc) is 2.58. The number of rotatable bonds is 4. The quantitative estimate of drug-likeness (QED) is 0.846. The zero-order valence-corrected chi connectivity index (χ0v) is 13.7. The van der Waals surface area contributed by atoms with Crippen LogP contribution in [0, 0.1) is 6.92 Å². The lowest BCUT2D eigenvalue weighted by Gasteiger charge is -2.31. The Bertz CT molecular complexity index is 872. The Labute approximate surface area is 139 Å². The van der Waals surface area contributed by atoms with Gasteiger partial charge in [-0.25, -0.2) is 0 Å². The molecule has 0 amide bonds. The van der Waals surface area contributed by atoms with E-state index in [1.54, 1.807) is 30.3 Å². The average molecular weight is 348 g/mol. The van der Waals surface area contributed by atoms with Gasteiger partial charge in [-0.15, -0.1) is 0 Å². The number of benzene rings is 2. The van der Waals surface area contributed by atoms with Crippen molar-refractivity contribution in [1.82, 2.24) is 0 Å². The van der Waals surface area contributed by atoms with Gasteiger partial charge in [0.2, 0.25) is 5.78 Å². The van der Waals surface area contributed by atoms with Crippen LogP contribution in [0.2, 0.25) is 0 Å². The van der Waals surface area contributed by atoms with Crippen molar-refractivity contribution in [2.45, 2.75) is 17.4 Å². The van der Waals surface area contributed by atoms with Crippen LogP contribution in [-0.2, 0) is 14.3 Å². The zero-order valence-electron chi connectivity index (χ0n) is 12.9. The Morgan fingerprint density at radius 2 is 1.83 bits per heavy atom. The number of hydrogen-bond donors (Lipinski definition) is 1. The van der Waals surface area contributed by atoms with Gasteiger partial charge in [-0.1, -0.05) is 29.8 Å². The highest BCUT2D eigenvalue weighted by atomic mass is 32.2. The number of aliphatic hydroxyl groups is 1. The second-order valence-corrected chi connectivity index (χ2v) is 7.29. The van der Waals surface area contributed by atoms with Gasteiger partial charge in [0.15, 0.2) is 5.60 Å². The molecule has 0 fully saturated rings. The molecule has 24 heavy (non-hydrogen) atoms. The molecule has 126 valence electrons. The maximum atomic E-state index is 12.4. The summed E-state index contributed by atoms with van der Waals surface area (Å²) < 4.78 is 34.6. The molecular formula is C17H16O6S. The van der Waals surface area contributed by atoms with Gasteiger partial charge in [0.25, 0.3) is 10.1 Å². The van der Waals surface area contributed by atoms with Gasteiger partial charge < -0.3 is 9.84 Å². The number of ketones is 1. The van der Waals surface area contributed by atoms with Crippen LogP contribution in [0.1, 0.15) is 15.9 Å². The van der Waals surface area contributed by atoms with E-state index in [4.69, 9.17) is 8.92 Å². The summed E-state index contributed by atoms with van der Waals surface area (Å²) in [7, 11) is -4.08. The summed E-state index contributed by atoms with van der Waals surface area (Å²) in [6.07, 6.45) is 0. The third-order valence-corrected chi connectivity index (χ3v) is 5.06. The summed E-state index contributed by atoms with van der Waals surface area (Å²) in [6, 6.07) is 12.5. The number of ether oxygens (including phenoxy) is 1. The van der Waals surface area contributed by atoms with Crippen LogP contribution in [0.25, 0.3) is 0 Å². The minimum atomic E-state index is -4.08. The highest BCUT2D eigenvalue weighted by molar-refractivity contribution is 7.86. The molecule has 1 N–H and O–H groups in total. The van der Waals surface area contributed by atoms with E-state index in [1.165, 1.54) is 18.2 Å². The first-order chi connectivity index (χ1) is 11.3. The lowest BCUT2D eigenvalue weighted by atomic mass is 9.91. The summed E-state index contributed by atoms with van der Waals surface area (Å²) in [4.78, 5) is 12.4. The monoisotopic (exact) mass is 348 g/mol. The first-order valence-corrected chi connectivity index (χ1v) is 8.68. The Balaban J connectivity index is 1.79. The number of carbonyl (C=O) groups is 1.